The molecule has 0 aromatic heterocycles. The lowest BCUT2D eigenvalue weighted by Gasteiger charge is -2.15. The fraction of sp³-hybridized carbons (Fsp3) is 0.182. The number of amides is 1. The fourth-order valence-electron chi connectivity index (χ4n) is 3.11. The molecule has 0 saturated carbocycles. The third-order valence-corrected chi connectivity index (χ3v) is 5.18. The van der Waals surface area contributed by atoms with Crippen LogP contribution in [0.5, 0.6) is 0 Å². The van der Waals surface area contributed by atoms with Crippen molar-refractivity contribution in [3.05, 3.63) is 69.7 Å². The maximum absolute atomic E-state index is 13.0. The van der Waals surface area contributed by atoms with Crippen LogP contribution in [-0.2, 0) is 9.59 Å². The van der Waals surface area contributed by atoms with Gasteiger partial charge >= 0.3 is 5.97 Å². The summed E-state index contributed by atoms with van der Waals surface area (Å²) in [6.45, 7) is 1.90. The third-order valence-electron chi connectivity index (χ3n) is 4.65. The van der Waals surface area contributed by atoms with Gasteiger partial charge in [0.15, 0.2) is 0 Å². The number of hydrazone groups is 1. The summed E-state index contributed by atoms with van der Waals surface area (Å²) in [5.74, 6) is -1.94. The summed E-state index contributed by atoms with van der Waals surface area (Å²) in [7, 11) is 0. The van der Waals surface area contributed by atoms with Crippen molar-refractivity contribution in [1.29, 1.82) is 5.26 Å². The van der Waals surface area contributed by atoms with Gasteiger partial charge < -0.3 is 5.11 Å². The minimum Gasteiger partial charge on any atom is -0.478 e. The Morgan fingerprint density at radius 2 is 1.90 bits per heavy atom. The van der Waals surface area contributed by atoms with Gasteiger partial charge in [-0.25, -0.2) is 9.80 Å². The van der Waals surface area contributed by atoms with Crippen LogP contribution in [0.3, 0.4) is 0 Å². The lowest BCUT2D eigenvalue weighted by molar-refractivity contribution is -0.132. The van der Waals surface area contributed by atoms with E-state index in [-0.39, 0.29) is 17.9 Å². The molecule has 1 N–H and O–H groups in total. The Morgan fingerprint density at radius 3 is 2.45 bits per heavy atom. The molecule has 1 aliphatic rings. The summed E-state index contributed by atoms with van der Waals surface area (Å²) < 4.78 is 0.891. The van der Waals surface area contributed by atoms with E-state index < -0.39 is 11.9 Å². The highest BCUT2D eigenvalue weighted by Gasteiger charge is 2.37. The first-order valence-corrected chi connectivity index (χ1v) is 9.83. The van der Waals surface area contributed by atoms with Gasteiger partial charge in [0.1, 0.15) is 0 Å². The molecule has 2 aromatic carbocycles. The van der Waals surface area contributed by atoms with E-state index in [0.29, 0.717) is 28.9 Å². The number of nitrogens with zero attached hydrogens (tertiary/aromatic N) is 3. The topological polar surface area (TPSA) is 93.8 Å². The minimum absolute atomic E-state index is 0.0495. The Balaban J connectivity index is 1.87. The van der Waals surface area contributed by atoms with E-state index in [0.717, 1.165) is 4.47 Å². The van der Waals surface area contributed by atoms with E-state index >= 15 is 0 Å². The molecule has 0 spiro atoms. The van der Waals surface area contributed by atoms with Crippen molar-refractivity contribution in [2.45, 2.75) is 19.8 Å². The molecule has 0 saturated heterocycles. The number of nitriles is 1. The van der Waals surface area contributed by atoms with Crippen LogP contribution in [0.15, 0.2) is 63.7 Å². The van der Waals surface area contributed by atoms with Crippen LogP contribution in [0.2, 0.25) is 0 Å². The molecule has 7 heteroatoms. The first-order valence-electron chi connectivity index (χ1n) is 9.04. The standard InChI is InChI=1S/C22H18BrN3O3/c1-2-20-19(21(27)26(25-20)18-9-7-17(23)8-10-18)12-16(22(28)29)11-14-3-5-15(13-24)6-4-14/h3-11,19H,2,12H2,1H3,(H,28,29)/b16-11-. The third kappa shape index (κ3) is 4.61. The Morgan fingerprint density at radius 1 is 1.24 bits per heavy atom. The van der Waals surface area contributed by atoms with Crippen LogP contribution in [0, 0.1) is 17.2 Å². The highest BCUT2D eigenvalue weighted by molar-refractivity contribution is 9.10. The molecule has 1 unspecified atom stereocenters. The molecular formula is C22H18BrN3O3. The van der Waals surface area contributed by atoms with Gasteiger partial charge in [-0.2, -0.15) is 10.4 Å². The van der Waals surface area contributed by atoms with Crippen molar-refractivity contribution in [3.63, 3.8) is 0 Å². The first kappa shape index (κ1) is 20.5. The number of halogens is 1. The fourth-order valence-corrected chi connectivity index (χ4v) is 3.37. The van der Waals surface area contributed by atoms with Crippen molar-refractivity contribution in [1.82, 2.24) is 0 Å². The number of carbonyl (C=O) groups is 2. The van der Waals surface area contributed by atoms with Crippen molar-refractivity contribution < 1.29 is 14.7 Å². The van der Waals surface area contributed by atoms with Crippen LogP contribution in [0.25, 0.3) is 6.08 Å². The average Bonchev–Trinajstić information content (AvgIpc) is 3.04. The summed E-state index contributed by atoms with van der Waals surface area (Å²) in [5, 5.41) is 24.3. The summed E-state index contributed by atoms with van der Waals surface area (Å²) in [5.41, 5.74) is 2.57. The predicted molar refractivity (Wildman–Crippen MR) is 114 cm³/mol. The Labute approximate surface area is 176 Å². The zero-order valence-electron chi connectivity index (χ0n) is 15.7. The number of hydrogen-bond acceptors (Lipinski definition) is 4. The van der Waals surface area contributed by atoms with E-state index in [9.17, 15) is 14.7 Å². The van der Waals surface area contributed by atoms with Gasteiger partial charge in [0.2, 0.25) is 0 Å². The highest BCUT2D eigenvalue weighted by atomic mass is 79.9. The zero-order chi connectivity index (χ0) is 21.0. The number of hydrogen-bond donors (Lipinski definition) is 1. The van der Waals surface area contributed by atoms with Crippen molar-refractivity contribution in [2.24, 2.45) is 11.0 Å². The molecule has 1 amide bonds. The Kier molecular flexibility index (Phi) is 6.25. The van der Waals surface area contributed by atoms with Crippen molar-refractivity contribution in [2.75, 3.05) is 5.01 Å². The average molecular weight is 452 g/mol. The molecule has 2 aromatic rings. The molecule has 0 fully saturated rings. The molecular weight excluding hydrogens is 434 g/mol. The van der Waals surface area contributed by atoms with Crippen LogP contribution < -0.4 is 5.01 Å². The molecule has 6 nitrogen and oxygen atoms in total. The van der Waals surface area contributed by atoms with E-state index in [1.807, 2.05) is 25.1 Å². The van der Waals surface area contributed by atoms with Crippen molar-refractivity contribution >= 4 is 45.3 Å². The number of benzene rings is 2. The lowest BCUT2D eigenvalue weighted by atomic mass is 9.92. The zero-order valence-corrected chi connectivity index (χ0v) is 17.3. The number of carbonyl (C=O) groups excluding carboxylic acids is 1. The van der Waals surface area contributed by atoms with Gasteiger partial charge in [-0.05, 0) is 60.9 Å². The number of aliphatic carboxylic acids is 1. The smallest absolute Gasteiger partial charge is 0.331 e. The summed E-state index contributed by atoms with van der Waals surface area (Å²) >= 11 is 3.37. The van der Waals surface area contributed by atoms with Crippen LogP contribution in [-0.4, -0.2) is 22.7 Å². The van der Waals surface area contributed by atoms with Crippen LogP contribution in [0.1, 0.15) is 30.9 Å². The monoisotopic (exact) mass is 451 g/mol. The van der Waals surface area contributed by atoms with E-state index in [2.05, 4.69) is 21.0 Å². The largest absolute Gasteiger partial charge is 0.478 e. The lowest BCUT2D eigenvalue weighted by Crippen LogP contribution is -2.28. The number of anilines is 1. The number of carboxylic acid groups (broad SMARTS) is 1. The van der Waals surface area contributed by atoms with E-state index in [1.54, 1.807) is 36.4 Å². The molecule has 1 heterocycles. The van der Waals surface area contributed by atoms with Crippen LogP contribution >= 0.6 is 15.9 Å². The molecule has 146 valence electrons. The maximum Gasteiger partial charge on any atom is 0.331 e. The molecule has 0 radical (unpaired) electrons. The quantitative estimate of drug-likeness (QED) is 0.648. The molecule has 29 heavy (non-hydrogen) atoms. The Hall–Kier alpha value is -3.24. The van der Waals surface area contributed by atoms with Gasteiger partial charge in [-0.15, -0.1) is 0 Å². The number of rotatable bonds is 6. The van der Waals surface area contributed by atoms with Gasteiger partial charge in [-0.3, -0.25) is 4.79 Å². The number of carboxylic acids is 1. The van der Waals surface area contributed by atoms with Gasteiger partial charge in [0.05, 0.1) is 28.9 Å². The molecule has 1 atom stereocenters. The van der Waals surface area contributed by atoms with Gasteiger partial charge in [-0.1, -0.05) is 35.0 Å². The van der Waals surface area contributed by atoms with Gasteiger partial charge in [0.25, 0.3) is 5.91 Å². The molecule has 0 bridgehead atoms. The maximum atomic E-state index is 13.0. The second-order valence-corrected chi connectivity index (χ2v) is 7.45. The normalized spacial score (nSPS) is 16.5. The highest BCUT2D eigenvalue weighted by Crippen LogP contribution is 2.30. The SMILES string of the molecule is CCC1=NN(c2ccc(Br)cc2)C(=O)C1C/C(=C/c1ccc(C#N)cc1)C(=O)O. The predicted octanol–water partition coefficient (Wildman–Crippen LogP) is 4.61. The molecule has 0 aliphatic carbocycles. The van der Waals surface area contributed by atoms with Crippen molar-refractivity contribution in [3.8, 4) is 6.07 Å². The van der Waals surface area contributed by atoms with E-state index in [1.165, 1.54) is 11.1 Å². The molecule has 1 aliphatic heterocycles. The minimum atomic E-state index is -1.08. The Bertz CT molecular complexity index is 1030. The van der Waals surface area contributed by atoms with Gasteiger partial charge in [0, 0.05) is 10.0 Å². The second kappa shape index (κ2) is 8.84. The summed E-state index contributed by atoms with van der Waals surface area (Å²) in [6, 6.07) is 15.9. The molecule has 3 rings (SSSR count). The first-order chi connectivity index (χ1) is 13.9. The summed E-state index contributed by atoms with van der Waals surface area (Å²) in [6.07, 6.45) is 2.13. The van der Waals surface area contributed by atoms with E-state index in [4.69, 9.17) is 5.26 Å². The second-order valence-electron chi connectivity index (χ2n) is 6.54. The van der Waals surface area contributed by atoms with Crippen LogP contribution in [0.4, 0.5) is 5.69 Å². The summed E-state index contributed by atoms with van der Waals surface area (Å²) in [4.78, 5) is 24.8.